The fraction of sp³-hybridized carbons (Fsp3) is 0.357. The minimum atomic E-state index is -0.493. The molecule has 0 radical (unpaired) electrons. The largest absolute Gasteiger partial charge is 0.485 e. The molecular weight excluding hydrogens is 259 g/mol. The first-order valence-electron chi connectivity index (χ1n) is 6.33. The summed E-state index contributed by atoms with van der Waals surface area (Å²) >= 11 is 0. The van der Waals surface area contributed by atoms with Crippen molar-refractivity contribution < 1.29 is 9.13 Å². The molecule has 1 aliphatic rings. The summed E-state index contributed by atoms with van der Waals surface area (Å²) in [6.07, 6.45) is 3.96. The highest BCUT2D eigenvalue weighted by atomic mass is 19.1. The normalized spacial score (nSPS) is 14.2. The average Bonchev–Trinajstić information content (AvgIpc) is 2.96. The number of para-hydroxylation sites is 1. The van der Waals surface area contributed by atoms with Gasteiger partial charge in [-0.15, -0.1) is 0 Å². The number of hydrazone groups is 1. The molecule has 0 bridgehead atoms. The van der Waals surface area contributed by atoms with E-state index in [1.165, 1.54) is 12.1 Å². The van der Waals surface area contributed by atoms with E-state index in [0.717, 1.165) is 25.7 Å². The summed E-state index contributed by atoms with van der Waals surface area (Å²) in [4.78, 5) is 0. The molecule has 1 fully saturated rings. The number of rotatable bonds is 4. The molecule has 0 aromatic heterocycles. The lowest BCUT2D eigenvalue weighted by Gasteiger charge is -2.16. The zero-order valence-electron chi connectivity index (χ0n) is 10.8. The Morgan fingerprint density at radius 1 is 1.30 bits per heavy atom. The van der Waals surface area contributed by atoms with Gasteiger partial charge in [-0.25, -0.2) is 4.39 Å². The number of hydrogen-bond acceptors (Lipinski definition) is 5. The number of nitrogens with one attached hydrogen (secondary N) is 1. The summed E-state index contributed by atoms with van der Waals surface area (Å²) in [5.41, 5.74) is 2.48. The molecule has 102 valence electrons. The van der Waals surface area contributed by atoms with Crippen molar-refractivity contribution >= 4 is 11.4 Å². The fourth-order valence-corrected chi connectivity index (χ4v) is 2.08. The van der Waals surface area contributed by atoms with E-state index in [1.807, 2.05) is 0 Å². The van der Waals surface area contributed by atoms with Gasteiger partial charge in [0, 0.05) is 0 Å². The van der Waals surface area contributed by atoms with Crippen molar-refractivity contribution in [2.24, 2.45) is 5.10 Å². The van der Waals surface area contributed by atoms with Gasteiger partial charge < -0.3 is 4.74 Å². The molecule has 0 spiro atoms. The van der Waals surface area contributed by atoms with E-state index < -0.39 is 5.82 Å². The van der Waals surface area contributed by atoms with Crippen LogP contribution in [0.5, 0.6) is 5.75 Å². The molecule has 0 aliphatic heterocycles. The van der Waals surface area contributed by atoms with Crippen molar-refractivity contribution in [3.05, 3.63) is 24.0 Å². The van der Waals surface area contributed by atoms with E-state index >= 15 is 0 Å². The minimum absolute atomic E-state index is 0.00262. The highest BCUT2D eigenvalue weighted by Gasteiger charge is 2.20. The first kappa shape index (κ1) is 13.8. The number of ether oxygens (including phenoxy) is 1. The van der Waals surface area contributed by atoms with E-state index in [1.54, 1.807) is 18.2 Å². The number of hydrogen-bond donors (Lipinski definition) is 1. The zero-order valence-corrected chi connectivity index (χ0v) is 10.8. The predicted octanol–water partition coefficient (Wildman–Crippen LogP) is 2.96. The molecule has 1 aliphatic carbocycles. The van der Waals surface area contributed by atoms with E-state index in [2.05, 4.69) is 10.5 Å². The van der Waals surface area contributed by atoms with E-state index in [0.29, 0.717) is 5.69 Å². The second-order valence-corrected chi connectivity index (χ2v) is 4.44. The predicted molar refractivity (Wildman–Crippen MR) is 71.6 cm³/mol. The molecule has 1 aromatic rings. The van der Waals surface area contributed by atoms with Gasteiger partial charge in [-0.1, -0.05) is 6.07 Å². The van der Waals surface area contributed by atoms with E-state index in [9.17, 15) is 4.39 Å². The Morgan fingerprint density at radius 3 is 2.65 bits per heavy atom. The number of halogens is 1. The SMILES string of the molecule is N#CC(C#N)=NNc1cccc(F)c1OC1CCCC1. The summed E-state index contributed by atoms with van der Waals surface area (Å²) in [5.74, 6) is -0.411. The monoisotopic (exact) mass is 272 g/mol. The van der Waals surface area contributed by atoms with Crippen LogP contribution in [0.25, 0.3) is 0 Å². The Hall–Kier alpha value is -2.60. The van der Waals surface area contributed by atoms with Crippen molar-refractivity contribution in [2.75, 3.05) is 5.43 Å². The Kier molecular flexibility index (Phi) is 4.52. The van der Waals surface area contributed by atoms with Gasteiger partial charge in [-0.2, -0.15) is 15.6 Å². The molecule has 6 heteroatoms. The second-order valence-electron chi connectivity index (χ2n) is 4.44. The van der Waals surface area contributed by atoms with Gasteiger partial charge in [0.05, 0.1) is 6.10 Å². The Balaban J connectivity index is 2.20. The Labute approximate surface area is 116 Å². The van der Waals surface area contributed by atoms with Crippen molar-refractivity contribution in [3.8, 4) is 17.9 Å². The minimum Gasteiger partial charge on any atom is -0.485 e. The average molecular weight is 272 g/mol. The molecule has 1 saturated carbocycles. The standard InChI is InChI=1S/C14H13FN4O/c15-12-6-3-7-13(19-18-10(8-16)9-17)14(12)20-11-4-1-2-5-11/h3,6-7,11,19H,1-2,4-5H2. The third-order valence-electron chi connectivity index (χ3n) is 3.05. The third kappa shape index (κ3) is 3.24. The summed E-state index contributed by atoms with van der Waals surface area (Å²) < 4.78 is 19.5. The molecular formula is C14H13FN4O. The Bertz CT molecular complexity index is 578. The van der Waals surface area contributed by atoms with Gasteiger partial charge in [0.25, 0.3) is 0 Å². The van der Waals surface area contributed by atoms with Crippen LogP contribution >= 0.6 is 0 Å². The van der Waals surface area contributed by atoms with Gasteiger partial charge in [-0.3, -0.25) is 5.43 Å². The van der Waals surface area contributed by atoms with Crippen molar-refractivity contribution in [1.82, 2.24) is 0 Å². The molecule has 0 heterocycles. The lowest BCUT2D eigenvalue weighted by molar-refractivity contribution is 0.202. The summed E-state index contributed by atoms with van der Waals surface area (Å²) in [6.45, 7) is 0. The molecule has 0 saturated heterocycles. The van der Waals surface area contributed by atoms with E-state index in [4.69, 9.17) is 15.3 Å². The number of nitrogens with zero attached hydrogens (tertiary/aromatic N) is 3. The molecule has 2 rings (SSSR count). The third-order valence-corrected chi connectivity index (χ3v) is 3.05. The van der Waals surface area contributed by atoms with Crippen LogP contribution in [0.1, 0.15) is 25.7 Å². The number of anilines is 1. The van der Waals surface area contributed by atoms with Gasteiger partial charge in [0.15, 0.2) is 11.6 Å². The van der Waals surface area contributed by atoms with Gasteiger partial charge in [0.2, 0.25) is 5.71 Å². The summed E-state index contributed by atoms with van der Waals surface area (Å²) in [5, 5.41) is 20.8. The maximum absolute atomic E-state index is 13.8. The van der Waals surface area contributed by atoms with Crippen LogP contribution in [0.4, 0.5) is 10.1 Å². The first-order valence-corrected chi connectivity index (χ1v) is 6.33. The van der Waals surface area contributed by atoms with Crippen LogP contribution in [0.15, 0.2) is 23.3 Å². The van der Waals surface area contributed by atoms with Crippen molar-refractivity contribution in [2.45, 2.75) is 31.8 Å². The first-order chi connectivity index (χ1) is 9.74. The van der Waals surface area contributed by atoms with Gasteiger partial charge >= 0.3 is 0 Å². The molecule has 0 unspecified atom stereocenters. The molecule has 0 atom stereocenters. The number of benzene rings is 1. The quantitative estimate of drug-likeness (QED) is 0.674. The molecule has 1 aromatic carbocycles. The summed E-state index contributed by atoms with van der Waals surface area (Å²) in [6, 6.07) is 7.64. The highest BCUT2D eigenvalue weighted by Crippen LogP contribution is 2.32. The highest BCUT2D eigenvalue weighted by molar-refractivity contribution is 6.10. The van der Waals surface area contributed by atoms with Crippen molar-refractivity contribution in [1.29, 1.82) is 10.5 Å². The van der Waals surface area contributed by atoms with Crippen LogP contribution in [-0.4, -0.2) is 11.8 Å². The topological polar surface area (TPSA) is 81.2 Å². The lowest BCUT2D eigenvalue weighted by Crippen LogP contribution is -2.13. The van der Waals surface area contributed by atoms with Crippen LogP contribution in [-0.2, 0) is 0 Å². The Morgan fingerprint density at radius 2 is 2.00 bits per heavy atom. The smallest absolute Gasteiger partial charge is 0.237 e. The van der Waals surface area contributed by atoms with Crippen LogP contribution in [0.3, 0.4) is 0 Å². The molecule has 20 heavy (non-hydrogen) atoms. The maximum Gasteiger partial charge on any atom is 0.237 e. The van der Waals surface area contributed by atoms with Gasteiger partial charge in [0.1, 0.15) is 17.8 Å². The van der Waals surface area contributed by atoms with Crippen LogP contribution < -0.4 is 10.2 Å². The number of nitriles is 2. The van der Waals surface area contributed by atoms with Crippen LogP contribution in [0, 0.1) is 28.5 Å². The zero-order chi connectivity index (χ0) is 14.4. The summed E-state index contributed by atoms with van der Waals surface area (Å²) in [7, 11) is 0. The van der Waals surface area contributed by atoms with Crippen LogP contribution in [0.2, 0.25) is 0 Å². The van der Waals surface area contributed by atoms with Crippen molar-refractivity contribution in [3.63, 3.8) is 0 Å². The fourth-order valence-electron chi connectivity index (χ4n) is 2.08. The lowest BCUT2D eigenvalue weighted by atomic mass is 10.2. The maximum atomic E-state index is 13.8. The van der Waals surface area contributed by atoms with E-state index in [-0.39, 0.29) is 17.6 Å². The second kappa shape index (κ2) is 6.53. The molecule has 1 N–H and O–H groups in total. The molecule has 5 nitrogen and oxygen atoms in total. The molecule has 0 amide bonds. The van der Waals surface area contributed by atoms with Gasteiger partial charge in [-0.05, 0) is 37.8 Å².